The van der Waals surface area contributed by atoms with Crippen LogP contribution in [0.25, 0.3) is 28.0 Å². The summed E-state index contributed by atoms with van der Waals surface area (Å²) in [5.74, 6) is 1.91. The fourth-order valence-electron chi connectivity index (χ4n) is 6.18. The van der Waals surface area contributed by atoms with Crippen molar-refractivity contribution >= 4 is 30.3 Å². The molecule has 216 valence electrons. The molecule has 0 amide bonds. The van der Waals surface area contributed by atoms with Crippen molar-refractivity contribution in [3.63, 3.8) is 0 Å². The van der Waals surface area contributed by atoms with Crippen molar-refractivity contribution in [2.75, 3.05) is 14.2 Å². The van der Waals surface area contributed by atoms with Crippen LogP contribution in [0.3, 0.4) is 0 Å². The van der Waals surface area contributed by atoms with E-state index in [1.807, 2.05) is 109 Å². The van der Waals surface area contributed by atoms with Crippen LogP contribution < -0.4 is 9.47 Å². The summed E-state index contributed by atoms with van der Waals surface area (Å²) in [5.41, 5.74) is 7.68. The number of hydrogen-bond acceptors (Lipinski definition) is 3. The smallest absolute Gasteiger partial charge is 0.497 e. The minimum absolute atomic E-state index is 0.182. The van der Waals surface area contributed by atoms with E-state index < -0.39 is 7.40 Å². The molecule has 7 rings (SSSR count). The van der Waals surface area contributed by atoms with Crippen LogP contribution in [0.1, 0.15) is 22.3 Å². The summed E-state index contributed by atoms with van der Waals surface area (Å²) < 4.78 is 42.8. The third-order valence-corrected chi connectivity index (χ3v) is 8.18. The normalized spacial score (nSPS) is 14.5. The molecule has 0 radical (unpaired) electrons. The predicted molar refractivity (Wildman–Crippen MR) is 174 cm³/mol. The quantitative estimate of drug-likeness (QED) is 0.181. The maximum atomic E-state index is 15.3. The summed E-state index contributed by atoms with van der Waals surface area (Å²) >= 11 is 0. The van der Waals surface area contributed by atoms with Gasteiger partial charge >= 0.3 is 7.40 Å². The molecule has 4 aromatic carbocycles. The number of aliphatic imine (C=N–C) groups is 2. The minimum Gasteiger partial charge on any atom is -0.497 e. The number of hydrogen-bond donors (Lipinski definition) is 0. The zero-order valence-corrected chi connectivity index (χ0v) is 24.3. The van der Waals surface area contributed by atoms with Crippen molar-refractivity contribution < 1.29 is 18.1 Å². The van der Waals surface area contributed by atoms with Crippen molar-refractivity contribution in [3.05, 3.63) is 131 Å². The van der Waals surface area contributed by atoms with E-state index in [-0.39, 0.29) is 5.82 Å². The lowest BCUT2D eigenvalue weighted by atomic mass is 9.86. The highest BCUT2D eigenvalue weighted by molar-refractivity contribution is 6.44. The second kappa shape index (κ2) is 11.5. The van der Waals surface area contributed by atoms with E-state index in [1.54, 1.807) is 14.2 Å². The van der Waals surface area contributed by atoms with Gasteiger partial charge < -0.3 is 14.0 Å². The van der Waals surface area contributed by atoms with Gasteiger partial charge in [0.1, 0.15) is 17.3 Å². The maximum Gasteiger partial charge on any atom is 0.679 e. The summed E-state index contributed by atoms with van der Waals surface area (Å²) in [4.78, 5) is 9.98. The monoisotopic (exact) mass is 583 g/mol. The Morgan fingerprint density at radius 3 is 2.18 bits per heavy atom. The number of nitrogens with zero attached hydrogens (tertiary/aromatic N) is 3. The number of rotatable bonds is 7. The van der Waals surface area contributed by atoms with E-state index in [9.17, 15) is 0 Å². The fourth-order valence-corrected chi connectivity index (χ4v) is 6.18. The minimum atomic E-state index is -2.84. The Bertz CT molecular complexity index is 1960. The number of halogens is 2. The van der Waals surface area contributed by atoms with Gasteiger partial charge in [0.25, 0.3) is 0 Å². The summed E-state index contributed by atoms with van der Waals surface area (Å²) in [7, 11) is 0.390. The van der Waals surface area contributed by atoms with Crippen molar-refractivity contribution in [1.29, 1.82) is 0 Å². The number of aromatic nitrogens is 1. The van der Waals surface area contributed by atoms with Crippen LogP contribution in [0, 0.1) is 0 Å². The first-order valence-electron chi connectivity index (χ1n) is 14.4. The largest absolute Gasteiger partial charge is 0.679 e. The summed E-state index contributed by atoms with van der Waals surface area (Å²) in [6, 6.07) is 32.7. The molecule has 0 saturated heterocycles. The molecule has 0 saturated carbocycles. The summed E-state index contributed by atoms with van der Waals surface area (Å²) in [5, 5.41) is 0. The molecule has 0 fully saturated rings. The number of benzene rings is 4. The van der Waals surface area contributed by atoms with E-state index in [2.05, 4.69) is 0 Å². The number of methoxy groups -OCH3 is 2. The van der Waals surface area contributed by atoms with Crippen LogP contribution in [0.15, 0.2) is 119 Å². The zero-order valence-electron chi connectivity index (χ0n) is 24.3. The Kier molecular flexibility index (Phi) is 7.18. The molecule has 2 heterocycles. The summed E-state index contributed by atoms with van der Waals surface area (Å²) in [6.45, 7) is 0. The van der Waals surface area contributed by atoms with Gasteiger partial charge in [-0.3, -0.25) is 8.63 Å². The van der Waals surface area contributed by atoms with E-state index in [0.29, 0.717) is 47.1 Å². The molecular formula is C36H28BF2N3O2. The van der Waals surface area contributed by atoms with E-state index in [4.69, 9.17) is 19.5 Å². The van der Waals surface area contributed by atoms with Crippen molar-refractivity contribution in [2.45, 2.75) is 12.8 Å². The first-order chi connectivity index (χ1) is 21.6. The van der Waals surface area contributed by atoms with Crippen molar-refractivity contribution in [2.24, 2.45) is 9.98 Å². The second-order valence-corrected chi connectivity index (χ2v) is 10.6. The van der Waals surface area contributed by atoms with Gasteiger partial charge in [-0.1, -0.05) is 72.8 Å². The molecule has 5 aromatic rings. The molecule has 8 heteroatoms. The zero-order chi connectivity index (χ0) is 30.2. The Morgan fingerprint density at radius 1 is 0.773 bits per heavy atom. The Labute approximate surface area is 255 Å². The molecule has 0 unspecified atom stereocenters. The topological polar surface area (TPSA) is 48.1 Å². The van der Waals surface area contributed by atoms with E-state index in [1.165, 1.54) is 0 Å². The Hall–Kier alpha value is -5.24. The Morgan fingerprint density at radius 2 is 1.48 bits per heavy atom. The number of allylic oxidation sites excluding steroid dienone is 1. The molecule has 44 heavy (non-hydrogen) atoms. The van der Waals surface area contributed by atoms with Gasteiger partial charge in [0, 0.05) is 28.0 Å². The molecule has 1 aromatic heterocycles. The third kappa shape index (κ3) is 4.72. The first kappa shape index (κ1) is 27.6. The van der Waals surface area contributed by atoms with Gasteiger partial charge in [-0.2, -0.15) is 0 Å². The average Bonchev–Trinajstić information content (AvgIpc) is 3.64. The fraction of sp³-hybridized carbons (Fsp3) is 0.111. The molecule has 1 aliphatic heterocycles. The van der Waals surface area contributed by atoms with Gasteiger partial charge in [-0.25, -0.2) is 9.98 Å². The van der Waals surface area contributed by atoms with Gasteiger partial charge in [-0.15, -0.1) is 0 Å². The first-order valence-corrected chi connectivity index (χ1v) is 14.4. The lowest BCUT2D eigenvalue weighted by Crippen LogP contribution is -2.16. The van der Waals surface area contributed by atoms with Crippen LogP contribution in [-0.2, 0) is 12.8 Å². The van der Waals surface area contributed by atoms with Gasteiger partial charge in [0.05, 0.1) is 19.9 Å². The molecule has 0 atom stereocenters. The van der Waals surface area contributed by atoms with Crippen LogP contribution in [-0.4, -0.2) is 37.6 Å². The van der Waals surface area contributed by atoms with Gasteiger partial charge in [0.2, 0.25) is 0 Å². The van der Waals surface area contributed by atoms with Gasteiger partial charge in [-0.05, 0) is 71.5 Å². The second-order valence-electron chi connectivity index (χ2n) is 10.6. The molecule has 0 spiro atoms. The van der Waals surface area contributed by atoms with Crippen LogP contribution in [0.4, 0.5) is 14.4 Å². The SMILES string of the molecule is COc1ccc2c(c1)CCc1c(-c3ccccc3)c(/N=C3\N=C(c4ccccc4OC)C=C3c3ccccc3)n(B(F)F)c1-2. The van der Waals surface area contributed by atoms with Crippen molar-refractivity contribution in [1.82, 2.24) is 4.48 Å². The standard InChI is InChI=1S/C36H28BF2N3O2/c1-43-26-18-20-27-25(21-26)17-19-29-33(24-13-7-4-8-14-24)36(42(34(27)29)37(38)39)41-35-30(23-11-5-3-6-12-23)22-31(40-35)28-15-9-10-16-32(28)44-2/h3-16,18,20-22H,17,19H2,1-2H3/b41-35-. The lowest BCUT2D eigenvalue weighted by molar-refractivity contribution is 0.414. The Balaban J connectivity index is 1.51. The summed E-state index contributed by atoms with van der Waals surface area (Å²) in [6.07, 6.45) is 3.24. The number of para-hydroxylation sites is 1. The highest BCUT2D eigenvalue weighted by Gasteiger charge is 2.36. The molecular weight excluding hydrogens is 555 g/mol. The highest BCUT2D eigenvalue weighted by atomic mass is 19.2. The third-order valence-electron chi connectivity index (χ3n) is 8.18. The van der Waals surface area contributed by atoms with Crippen molar-refractivity contribution in [3.8, 4) is 33.9 Å². The lowest BCUT2D eigenvalue weighted by Gasteiger charge is -2.20. The van der Waals surface area contributed by atoms with Crippen LogP contribution in [0.5, 0.6) is 11.5 Å². The average molecular weight is 583 g/mol. The van der Waals surface area contributed by atoms with Crippen LogP contribution in [0.2, 0.25) is 0 Å². The highest BCUT2D eigenvalue weighted by Crippen LogP contribution is 2.48. The number of aryl methyl sites for hydroxylation is 1. The molecule has 1 aliphatic carbocycles. The number of ether oxygens (including phenoxy) is 2. The maximum absolute atomic E-state index is 15.3. The van der Waals surface area contributed by atoms with E-state index >= 15 is 8.63 Å². The molecule has 0 N–H and O–H groups in total. The van der Waals surface area contributed by atoms with E-state index in [0.717, 1.165) is 43.4 Å². The number of fused-ring (bicyclic) bond motifs is 3. The number of amidine groups is 1. The molecule has 5 nitrogen and oxygen atoms in total. The van der Waals surface area contributed by atoms with Gasteiger partial charge in [0.15, 0.2) is 5.84 Å². The molecule has 2 aliphatic rings. The van der Waals surface area contributed by atoms with Crippen LogP contribution >= 0.6 is 0 Å². The molecule has 0 bridgehead atoms. The predicted octanol–water partition coefficient (Wildman–Crippen LogP) is 8.33.